The number of anilines is 1. The predicted octanol–water partition coefficient (Wildman–Crippen LogP) is 5.05. The maximum absolute atomic E-state index is 14.9. The highest BCUT2D eigenvalue weighted by molar-refractivity contribution is 9.09. The minimum absolute atomic E-state index is 0.119. The Morgan fingerprint density at radius 3 is 2.48 bits per heavy atom. The first-order chi connectivity index (χ1) is 23.8. The molecule has 3 heterocycles. The van der Waals surface area contributed by atoms with Crippen LogP contribution in [0, 0.1) is 25.7 Å². The van der Waals surface area contributed by atoms with E-state index >= 15 is 0 Å². The molecule has 11 heteroatoms. The molecule has 3 aliphatic rings. The van der Waals surface area contributed by atoms with Crippen molar-refractivity contribution in [1.29, 1.82) is 0 Å². The van der Waals surface area contributed by atoms with E-state index < -0.39 is 59.6 Å². The second-order valence-electron chi connectivity index (χ2n) is 13.8. The average molecular weight is 751 g/mol. The first-order valence-corrected chi connectivity index (χ1v) is 18.1. The number of likely N-dealkylation sites (N-methyl/N-ethyl adjacent to an activating group) is 1. The maximum atomic E-state index is 14.9. The molecule has 3 fully saturated rings. The minimum Gasteiger partial charge on any atom is -0.455 e. The molecule has 2 bridgehead atoms. The number of aliphatic hydroxyl groups excluding tert-OH is 1. The monoisotopic (exact) mass is 749 g/mol. The SMILES string of the molecule is C=CCCC(=O)N(C)[C@@H](C)[C@@H](OC(=O)[C@@H]1[C@H]2O[C@@]3(CC2Br)[C@H](C(=O)N(CC=C)c2cc(C)ccc2C)N([C@H](C)CO)C(=O)[C@@H]13)c1ccccc1. The van der Waals surface area contributed by atoms with E-state index in [9.17, 15) is 24.3 Å². The Balaban J connectivity index is 1.54. The molecule has 3 aliphatic heterocycles. The molecule has 0 radical (unpaired) electrons. The number of aliphatic hydroxyl groups is 1. The van der Waals surface area contributed by atoms with Crippen molar-refractivity contribution < 1.29 is 33.8 Å². The summed E-state index contributed by atoms with van der Waals surface area (Å²) in [7, 11) is 1.68. The lowest BCUT2D eigenvalue weighted by Crippen LogP contribution is -2.59. The molecule has 2 aromatic rings. The number of likely N-dealkylation sites (tertiary alicyclic amines) is 1. The molecule has 50 heavy (non-hydrogen) atoms. The van der Waals surface area contributed by atoms with Gasteiger partial charge in [-0.1, -0.05) is 70.5 Å². The van der Waals surface area contributed by atoms with Gasteiger partial charge in [-0.15, -0.1) is 13.2 Å². The smallest absolute Gasteiger partial charge is 0.313 e. The van der Waals surface area contributed by atoms with E-state index in [4.69, 9.17) is 9.47 Å². The number of fused-ring (bicyclic) bond motifs is 1. The standard InChI is InChI=1S/C39H48BrN3O7/c1-8-10-16-30(45)41(7)26(6)33(27-14-12-11-13-15-27)49-38(48)31-32-36(46)43(25(5)22-44)35(39(32)21-28(40)34(31)50-39)37(47)42(19-9-2)29-20-23(3)17-18-24(29)4/h8-9,11-15,17-18,20,25-26,28,31-35,44H,1-2,10,16,19,21-22H2,3-7H3/t25-,26+,28?,31+,32-,33-,34+,35+,39-/m1/s1. The van der Waals surface area contributed by atoms with Crippen LogP contribution in [-0.4, -0.2) is 93.5 Å². The number of hydrogen-bond donors (Lipinski definition) is 1. The summed E-state index contributed by atoms with van der Waals surface area (Å²) in [5, 5.41) is 10.4. The summed E-state index contributed by atoms with van der Waals surface area (Å²) >= 11 is 3.73. The van der Waals surface area contributed by atoms with Crippen molar-refractivity contribution in [2.45, 2.75) is 87.7 Å². The van der Waals surface area contributed by atoms with E-state index in [1.165, 1.54) is 4.90 Å². The molecule has 3 saturated heterocycles. The number of nitrogens with zero attached hydrogens (tertiary/aromatic N) is 3. The van der Waals surface area contributed by atoms with Crippen LogP contribution in [0.25, 0.3) is 0 Å². The Morgan fingerprint density at radius 1 is 1.14 bits per heavy atom. The molecule has 5 rings (SSSR count). The molecular weight excluding hydrogens is 702 g/mol. The number of rotatable bonds is 14. The van der Waals surface area contributed by atoms with Gasteiger partial charge in [0.2, 0.25) is 11.8 Å². The van der Waals surface area contributed by atoms with E-state index in [0.29, 0.717) is 24.1 Å². The lowest BCUT2D eigenvalue weighted by Gasteiger charge is -2.39. The zero-order valence-corrected chi connectivity index (χ0v) is 31.0. The number of amides is 3. The van der Waals surface area contributed by atoms with Gasteiger partial charge in [0, 0.05) is 30.5 Å². The van der Waals surface area contributed by atoms with E-state index in [0.717, 1.165) is 11.1 Å². The molecule has 1 unspecified atom stereocenters. The molecule has 0 aliphatic carbocycles. The first-order valence-electron chi connectivity index (χ1n) is 17.2. The molecule has 1 spiro atoms. The van der Waals surface area contributed by atoms with Gasteiger partial charge in [-0.2, -0.15) is 0 Å². The molecular formula is C39H48BrN3O7. The Labute approximate surface area is 303 Å². The van der Waals surface area contributed by atoms with Gasteiger partial charge < -0.3 is 29.3 Å². The van der Waals surface area contributed by atoms with E-state index in [1.807, 2.05) is 69.3 Å². The number of aryl methyl sites for hydroxylation is 2. The molecule has 0 saturated carbocycles. The van der Waals surface area contributed by atoms with Gasteiger partial charge >= 0.3 is 5.97 Å². The van der Waals surface area contributed by atoms with Gasteiger partial charge in [0.1, 0.15) is 17.7 Å². The molecule has 10 nitrogen and oxygen atoms in total. The second-order valence-corrected chi connectivity index (χ2v) is 15.0. The Morgan fingerprint density at radius 2 is 1.84 bits per heavy atom. The van der Waals surface area contributed by atoms with Crippen LogP contribution in [0.2, 0.25) is 0 Å². The topological polar surface area (TPSA) is 117 Å². The fraction of sp³-hybridized carbons (Fsp3) is 0.487. The normalized spacial score (nSPS) is 26.9. The van der Waals surface area contributed by atoms with Crippen molar-refractivity contribution in [2.75, 3.05) is 25.1 Å². The van der Waals surface area contributed by atoms with Crippen LogP contribution < -0.4 is 4.90 Å². The van der Waals surface area contributed by atoms with Crippen molar-refractivity contribution >= 4 is 45.3 Å². The number of esters is 1. The van der Waals surface area contributed by atoms with Crippen LogP contribution in [0.3, 0.4) is 0 Å². The number of carbonyl (C=O) groups excluding carboxylic acids is 4. The van der Waals surface area contributed by atoms with Crippen LogP contribution in [-0.2, 0) is 28.7 Å². The van der Waals surface area contributed by atoms with Crippen molar-refractivity contribution in [2.24, 2.45) is 11.8 Å². The summed E-state index contributed by atoms with van der Waals surface area (Å²) in [6, 6.07) is 12.6. The number of benzene rings is 2. The second kappa shape index (κ2) is 15.2. The van der Waals surface area contributed by atoms with Gasteiger partial charge in [-0.25, -0.2) is 0 Å². The third-order valence-electron chi connectivity index (χ3n) is 10.6. The van der Waals surface area contributed by atoms with Gasteiger partial charge in [-0.3, -0.25) is 19.2 Å². The number of alkyl halides is 1. The number of carbonyl (C=O) groups is 4. The third-order valence-corrected chi connectivity index (χ3v) is 11.4. The molecule has 9 atom stereocenters. The van der Waals surface area contributed by atoms with Crippen molar-refractivity contribution in [3.8, 4) is 0 Å². The van der Waals surface area contributed by atoms with Crippen LogP contribution in [0.1, 0.15) is 55.9 Å². The third kappa shape index (κ3) is 6.55. The van der Waals surface area contributed by atoms with E-state index in [1.54, 1.807) is 35.9 Å². The predicted molar refractivity (Wildman–Crippen MR) is 195 cm³/mol. The molecule has 268 valence electrons. The number of ether oxygens (including phenoxy) is 2. The number of allylic oxidation sites excluding steroid dienone is 1. The molecule has 2 aromatic carbocycles. The summed E-state index contributed by atoms with van der Waals surface area (Å²) in [6.07, 6.45) is 2.81. The quantitative estimate of drug-likeness (QED) is 0.163. The Kier molecular flexibility index (Phi) is 11.4. The largest absolute Gasteiger partial charge is 0.455 e. The average Bonchev–Trinajstić information content (AvgIpc) is 3.71. The fourth-order valence-electron chi connectivity index (χ4n) is 7.90. The highest BCUT2D eigenvalue weighted by Gasteiger charge is 2.77. The summed E-state index contributed by atoms with van der Waals surface area (Å²) < 4.78 is 13.0. The lowest BCUT2D eigenvalue weighted by atomic mass is 9.70. The Bertz CT molecular complexity index is 1630. The molecule has 3 amide bonds. The zero-order chi connectivity index (χ0) is 36.5. The van der Waals surface area contributed by atoms with Gasteiger partial charge in [0.25, 0.3) is 5.91 Å². The van der Waals surface area contributed by atoms with Gasteiger partial charge in [0.05, 0.1) is 36.6 Å². The number of halogens is 1. The Hall–Kier alpha value is -3.80. The van der Waals surface area contributed by atoms with Gasteiger partial charge in [0.15, 0.2) is 0 Å². The lowest BCUT2D eigenvalue weighted by molar-refractivity contribution is -0.165. The minimum atomic E-state index is -1.36. The van der Waals surface area contributed by atoms with E-state index in [-0.39, 0.29) is 36.2 Å². The van der Waals surface area contributed by atoms with Crippen molar-refractivity contribution in [3.63, 3.8) is 0 Å². The molecule has 0 aromatic heterocycles. The molecule has 1 N–H and O–H groups in total. The fourth-order valence-corrected chi connectivity index (χ4v) is 8.84. The summed E-state index contributed by atoms with van der Waals surface area (Å²) in [5.41, 5.74) is 1.85. The maximum Gasteiger partial charge on any atom is 0.313 e. The van der Waals surface area contributed by atoms with Gasteiger partial charge in [-0.05, 0) is 63.3 Å². The van der Waals surface area contributed by atoms with Crippen molar-refractivity contribution in [1.82, 2.24) is 9.80 Å². The van der Waals surface area contributed by atoms with E-state index in [2.05, 4.69) is 29.1 Å². The summed E-state index contributed by atoms with van der Waals surface area (Å²) in [4.78, 5) is 61.3. The van der Waals surface area contributed by atoms with Crippen molar-refractivity contribution in [3.05, 3.63) is 90.5 Å². The van der Waals surface area contributed by atoms with Crippen LogP contribution >= 0.6 is 15.9 Å². The van der Waals surface area contributed by atoms with Crippen LogP contribution in [0.15, 0.2) is 73.8 Å². The zero-order valence-electron chi connectivity index (χ0n) is 29.5. The first kappa shape index (κ1) is 37.5. The highest BCUT2D eigenvalue weighted by atomic mass is 79.9. The van der Waals surface area contributed by atoms with Crippen LogP contribution in [0.4, 0.5) is 5.69 Å². The highest BCUT2D eigenvalue weighted by Crippen LogP contribution is 2.61. The summed E-state index contributed by atoms with van der Waals surface area (Å²) in [5.74, 6) is -3.64. The summed E-state index contributed by atoms with van der Waals surface area (Å²) in [6.45, 7) is 14.8. The van der Waals surface area contributed by atoms with Crippen LogP contribution in [0.5, 0.6) is 0 Å². The number of hydrogen-bond acceptors (Lipinski definition) is 7.